The number of nitrogens with two attached hydrogens (primary N) is 1. The van der Waals surface area contributed by atoms with Gasteiger partial charge in [0.1, 0.15) is 11.3 Å². The number of nitrogens with zero attached hydrogens (tertiary/aromatic N) is 1. The molecule has 5 heteroatoms. The monoisotopic (exact) mass is 266 g/mol. The second-order valence-corrected chi connectivity index (χ2v) is 6.43. The van der Waals surface area contributed by atoms with Gasteiger partial charge in [0.25, 0.3) is 0 Å². The van der Waals surface area contributed by atoms with E-state index < -0.39 is 5.60 Å². The first-order chi connectivity index (χ1) is 8.31. The zero-order valence-electron chi connectivity index (χ0n) is 11.1. The minimum Gasteiger partial charge on any atom is -0.455 e. The van der Waals surface area contributed by atoms with Gasteiger partial charge < -0.3 is 15.0 Å². The molecule has 4 nitrogen and oxygen atoms in total. The van der Waals surface area contributed by atoms with Crippen LogP contribution in [0.4, 0.5) is 0 Å². The minimum absolute atomic E-state index is 0.289. The van der Waals surface area contributed by atoms with Gasteiger partial charge in [0.2, 0.25) is 0 Å². The normalized spacial score (nSPS) is 12.1. The van der Waals surface area contributed by atoms with Crippen LogP contribution in [0, 0.1) is 0 Å². The van der Waals surface area contributed by atoms with Crippen molar-refractivity contribution in [1.29, 1.82) is 0 Å². The van der Waals surface area contributed by atoms with Crippen LogP contribution in [0.15, 0.2) is 12.1 Å². The van der Waals surface area contributed by atoms with E-state index in [-0.39, 0.29) is 5.97 Å². The van der Waals surface area contributed by atoms with Gasteiger partial charge in [-0.25, -0.2) is 4.79 Å². The molecule has 2 N–H and O–H groups in total. The highest BCUT2D eigenvalue weighted by Gasteiger charge is 2.22. The number of hydrogen-bond donors (Lipinski definition) is 1. The molecule has 2 heterocycles. The third-order valence-corrected chi connectivity index (χ3v) is 3.68. The Hall–Kier alpha value is -1.33. The molecule has 18 heavy (non-hydrogen) atoms. The molecule has 0 fully saturated rings. The fourth-order valence-electron chi connectivity index (χ4n) is 1.79. The fourth-order valence-corrected chi connectivity index (χ4v) is 2.80. The van der Waals surface area contributed by atoms with Crippen molar-refractivity contribution in [2.24, 2.45) is 12.8 Å². The van der Waals surface area contributed by atoms with E-state index in [2.05, 4.69) is 0 Å². The average Bonchev–Trinajstić information content (AvgIpc) is 2.76. The van der Waals surface area contributed by atoms with Crippen LogP contribution in [0.1, 0.15) is 36.1 Å². The van der Waals surface area contributed by atoms with E-state index in [1.165, 1.54) is 0 Å². The molecule has 2 aromatic heterocycles. The molecule has 0 aliphatic heterocycles. The molecule has 0 amide bonds. The predicted molar refractivity (Wildman–Crippen MR) is 73.9 cm³/mol. The topological polar surface area (TPSA) is 57.2 Å². The molecule has 0 saturated carbocycles. The molecule has 0 aliphatic carbocycles. The summed E-state index contributed by atoms with van der Waals surface area (Å²) in [6, 6.07) is 3.89. The average molecular weight is 266 g/mol. The summed E-state index contributed by atoms with van der Waals surface area (Å²) >= 11 is 1.61. The fraction of sp³-hybridized carbons (Fsp3) is 0.462. The van der Waals surface area contributed by atoms with Crippen LogP contribution in [0.2, 0.25) is 0 Å². The minimum atomic E-state index is -0.475. The van der Waals surface area contributed by atoms with Crippen molar-refractivity contribution in [3.63, 3.8) is 0 Å². The molecule has 0 spiro atoms. The van der Waals surface area contributed by atoms with Gasteiger partial charge in [0.05, 0.1) is 10.2 Å². The SMILES string of the molecule is Cn1c(C(=O)OC(C)(C)C)cc2sc(CN)cc21. The Morgan fingerprint density at radius 2 is 2.11 bits per heavy atom. The molecule has 0 saturated heterocycles. The predicted octanol–water partition coefficient (Wildman–Crippen LogP) is 2.65. The summed E-state index contributed by atoms with van der Waals surface area (Å²) in [7, 11) is 1.87. The van der Waals surface area contributed by atoms with Crippen LogP contribution in [0.25, 0.3) is 10.2 Å². The summed E-state index contributed by atoms with van der Waals surface area (Å²) < 4.78 is 8.31. The van der Waals surface area contributed by atoms with Gasteiger partial charge in [0.15, 0.2) is 0 Å². The quantitative estimate of drug-likeness (QED) is 0.850. The maximum Gasteiger partial charge on any atom is 0.355 e. The lowest BCUT2D eigenvalue weighted by Gasteiger charge is -2.19. The summed E-state index contributed by atoms with van der Waals surface area (Å²) in [5.74, 6) is -0.289. The number of hydrogen-bond acceptors (Lipinski definition) is 4. The number of aromatic nitrogens is 1. The van der Waals surface area contributed by atoms with Crippen molar-refractivity contribution in [2.75, 3.05) is 0 Å². The van der Waals surface area contributed by atoms with Crippen LogP contribution >= 0.6 is 11.3 Å². The van der Waals surface area contributed by atoms with Crippen molar-refractivity contribution >= 4 is 27.5 Å². The van der Waals surface area contributed by atoms with Gasteiger partial charge >= 0.3 is 5.97 Å². The standard InChI is InChI=1S/C13H18N2O2S/c1-13(2,3)17-12(16)10-6-11-9(15(10)4)5-8(7-14)18-11/h5-6H,7,14H2,1-4H3. The summed E-state index contributed by atoms with van der Waals surface area (Å²) in [5.41, 5.74) is 6.75. The second-order valence-electron chi connectivity index (χ2n) is 5.26. The van der Waals surface area contributed by atoms with E-state index in [9.17, 15) is 4.79 Å². The molecule has 0 aliphatic rings. The van der Waals surface area contributed by atoms with E-state index in [0.717, 1.165) is 15.1 Å². The maximum atomic E-state index is 12.0. The lowest BCUT2D eigenvalue weighted by Crippen LogP contribution is -2.25. The lowest BCUT2D eigenvalue weighted by molar-refractivity contribution is 0.00595. The lowest BCUT2D eigenvalue weighted by atomic mass is 10.2. The van der Waals surface area contributed by atoms with Crippen molar-refractivity contribution in [3.8, 4) is 0 Å². The van der Waals surface area contributed by atoms with Crippen LogP contribution < -0.4 is 5.73 Å². The van der Waals surface area contributed by atoms with Crippen LogP contribution in [-0.4, -0.2) is 16.1 Å². The van der Waals surface area contributed by atoms with Crippen molar-refractivity contribution in [2.45, 2.75) is 32.9 Å². The summed E-state index contributed by atoms with van der Waals surface area (Å²) in [6.07, 6.45) is 0. The Morgan fingerprint density at radius 3 is 2.61 bits per heavy atom. The first kappa shape index (κ1) is 13.1. The zero-order valence-corrected chi connectivity index (χ0v) is 11.9. The highest BCUT2D eigenvalue weighted by atomic mass is 32.1. The molecule has 0 bridgehead atoms. The Kier molecular flexibility index (Phi) is 3.21. The number of esters is 1. The van der Waals surface area contributed by atoms with Gasteiger partial charge in [-0.05, 0) is 32.9 Å². The zero-order chi connectivity index (χ0) is 13.5. The van der Waals surface area contributed by atoms with E-state index in [1.54, 1.807) is 11.3 Å². The van der Waals surface area contributed by atoms with Gasteiger partial charge in [-0.15, -0.1) is 11.3 Å². The van der Waals surface area contributed by atoms with Crippen molar-refractivity contribution in [3.05, 3.63) is 22.7 Å². The van der Waals surface area contributed by atoms with Crippen LogP contribution in [0.3, 0.4) is 0 Å². The molecule has 98 valence electrons. The number of thiophene rings is 1. The Bertz CT molecular complexity index is 590. The van der Waals surface area contributed by atoms with Gasteiger partial charge in [-0.1, -0.05) is 0 Å². The highest BCUT2D eigenvalue weighted by molar-refractivity contribution is 7.19. The molecular formula is C13H18N2O2S. The highest BCUT2D eigenvalue weighted by Crippen LogP contribution is 2.29. The van der Waals surface area contributed by atoms with Crippen molar-refractivity contribution < 1.29 is 9.53 Å². The molecule has 2 rings (SSSR count). The molecular weight excluding hydrogens is 248 g/mol. The molecule has 0 unspecified atom stereocenters. The summed E-state index contributed by atoms with van der Waals surface area (Å²) in [4.78, 5) is 13.2. The first-order valence-corrected chi connectivity index (χ1v) is 6.65. The van der Waals surface area contributed by atoms with Gasteiger partial charge in [0, 0.05) is 18.5 Å². The number of fused-ring (bicyclic) bond motifs is 1. The molecule has 0 radical (unpaired) electrons. The van der Waals surface area contributed by atoms with Gasteiger partial charge in [-0.3, -0.25) is 0 Å². The first-order valence-electron chi connectivity index (χ1n) is 5.83. The Morgan fingerprint density at radius 1 is 1.44 bits per heavy atom. The number of carbonyl (C=O) groups excluding carboxylic acids is 1. The smallest absolute Gasteiger partial charge is 0.355 e. The number of carbonyl (C=O) groups is 1. The van der Waals surface area contributed by atoms with E-state index in [0.29, 0.717) is 12.2 Å². The molecule has 2 aromatic rings. The van der Waals surface area contributed by atoms with Crippen molar-refractivity contribution in [1.82, 2.24) is 4.57 Å². The van der Waals surface area contributed by atoms with E-state index in [4.69, 9.17) is 10.5 Å². The molecule has 0 aromatic carbocycles. The number of rotatable bonds is 2. The maximum absolute atomic E-state index is 12.0. The molecule has 0 atom stereocenters. The Labute approximate surface area is 110 Å². The van der Waals surface area contributed by atoms with Crippen LogP contribution in [0.5, 0.6) is 0 Å². The Balaban J connectivity index is 2.37. The third-order valence-electron chi connectivity index (χ3n) is 2.59. The summed E-state index contributed by atoms with van der Waals surface area (Å²) in [6.45, 7) is 6.12. The van der Waals surface area contributed by atoms with E-state index >= 15 is 0 Å². The second kappa shape index (κ2) is 4.40. The number of ether oxygens (including phenoxy) is 1. The van der Waals surface area contributed by atoms with E-state index in [1.807, 2.05) is 44.5 Å². The van der Waals surface area contributed by atoms with Gasteiger partial charge in [-0.2, -0.15) is 0 Å². The van der Waals surface area contributed by atoms with Crippen LogP contribution in [-0.2, 0) is 18.3 Å². The largest absolute Gasteiger partial charge is 0.455 e. The summed E-state index contributed by atoms with van der Waals surface area (Å²) in [5, 5.41) is 0. The number of aryl methyl sites for hydroxylation is 1. The third kappa shape index (κ3) is 2.42.